The van der Waals surface area contributed by atoms with E-state index in [1.165, 1.54) is 20.3 Å². The molecule has 34 heavy (non-hydrogen) atoms. The fraction of sp³-hybridized carbons (Fsp3) is 0.308. The fourth-order valence-electron chi connectivity index (χ4n) is 4.50. The minimum Gasteiger partial charge on any atom is -0.492 e. The number of carbonyl (C=O) groups is 1. The molecule has 2 atom stereocenters. The molecule has 2 heterocycles. The first-order valence-electron chi connectivity index (χ1n) is 11.0. The second kappa shape index (κ2) is 9.21. The maximum atomic E-state index is 14.9. The van der Waals surface area contributed by atoms with Crippen LogP contribution in [0.1, 0.15) is 41.6 Å². The van der Waals surface area contributed by atoms with Crippen LogP contribution in [-0.4, -0.2) is 31.8 Å². The molecule has 2 aromatic carbocycles. The topological polar surface area (TPSA) is 76.1 Å². The van der Waals surface area contributed by atoms with Gasteiger partial charge in [0, 0.05) is 40.9 Å². The third-order valence-electron chi connectivity index (χ3n) is 6.17. The lowest BCUT2D eigenvalue weighted by molar-refractivity contribution is -0.141. The molecule has 1 aliphatic heterocycles. The van der Waals surface area contributed by atoms with E-state index < -0.39 is 6.10 Å². The van der Waals surface area contributed by atoms with Crippen LogP contribution in [0.4, 0.5) is 4.39 Å². The fourth-order valence-corrected chi connectivity index (χ4v) is 4.50. The molecule has 0 N–H and O–H groups in total. The molecule has 0 spiro atoms. The van der Waals surface area contributed by atoms with Crippen molar-refractivity contribution >= 4 is 5.97 Å². The van der Waals surface area contributed by atoms with Crippen LogP contribution in [0.2, 0.25) is 0 Å². The molecule has 2 aliphatic rings. The zero-order valence-corrected chi connectivity index (χ0v) is 18.9. The molecule has 0 saturated carbocycles. The lowest BCUT2D eigenvalue weighted by atomic mass is 9.98. The number of ether oxygens (including phenoxy) is 5. The molecule has 0 saturated heterocycles. The van der Waals surface area contributed by atoms with Gasteiger partial charge in [-0.1, -0.05) is 6.07 Å². The van der Waals surface area contributed by atoms with Crippen LogP contribution in [-0.2, 0) is 16.0 Å². The van der Waals surface area contributed by atoms with Gasteiger partial charge in [0.1, 0.15) is 34.9 Å². The minimum atomic E-state index is -0.448. The number of esters is 1. The van der Waals surface area contributed by atoms with Crippen molar-refractivity contribution in [1.82, 2.24) is 4.98 Å². The van der Waals surface area contributed by atoms with Gasteiger partial charge in [-0.25, -0.2) is 9.37 Å². The molecular weight excluding hydrogens is 441 g/mol. The average Bonchev–Trinajstić information content (AvgIpc) is 3.46. The highest BCUT2D eigenvalue weighted by Gasteiger charge is 2.32. The van der Waals surface area contributed by atoms with Crippen molar-refractivity contribution in [2.45, 2.75) is 31.3 Å². The van der Waals surface area contributed by atoms with E-state index in [4.69, 9.17) is 23.7 Å². The first-order valence-corrected chi connectivity index (χ1v) is 11.0. The predicted molar refractivity (Wildman–Crippen MR) is 120 cm³/mol. The third-order valence-corrected chi connectivity index (χ3v) is 6.17. The van der Waals surface area contributed by atoms with E-state index in [1.54, 1.807) is 30.5 Å². The molecule has 8 heteroatoms. The van der Waals surface area contributed by atoms with Crippen LogP contribution >= 0.6 is 0 Å². The third kappa shape index (κ3) is 4.23. The highest BCUT2D eigenvalue weighted by molar-refractivity contribution is 5.71. The summed E-state index contributed by atoms with van der Waals surface area (Å²) in [6.07, 6.45) is 2.65. The molecule has 3 aromatic rings. The van der Waals surface area contributed by atoms with Crippen LogP contribution in [0, 0.1) is 5.82 Å². The van der Waals surface area contributed by atoms with E-state index in [0.717, 1.165) is 11.1 Å². The maximum Gasteiger partial charge on any atom is 0.306 e. The van der Waals surface area contributed by atoms with Crippen LogP contribution in [0.3, 0.4) is 0 Å². The monoisotopic (exact) mass is 465 g/mol. The lowest BCUT2D eigenvalue weighted by Gasteiger charge is -2.17. The molecule has 7 nitrogen and oxygen atoms in total. The van der Waals surface area contributed by atoms with Gasteiger partial charge in [-0.2, -0.15) is 0 Å². The second-order valence-electron chi connectivity index (χ2n) is 8.21. The Bertz CT molecular complexity index is 1230. The quantitative estimate of drug-likeness (QED) is 0.448. The second-order valence-corrected chi connectivity index (χ2v) is 8.21. The van der Waals surface area contributed by atoms with Gasteiger partial charge in [-0.3, -0.25) is 4.79 Å². The Morgan fingerprint density at radius 3 is 2.85 bits per heavy atom. The molecule has 0 fully saturated rings. The highest BCUT2D eigenvalue weighted by Crippen LogP contribution is 2.44. The Hall–Kier alpha value is -3.81. The van der Waals surface area contributed by atoms with Gasteiger partial charge in [0.15, 0.2) is 0 Å². The van der Waals surface area contributed by atoms with Crippen LogP contribution in [0.5, 0.6) is 28.9 Å². The Balaban J connectivity index is 1.35. The number of halogens is 1. The molecule has 0 amide bonds. The van der Waals surface area contributed by atoms with Crippen molar-refractivity contribution in [2.75, 3.05) is 20.8 Å². The normalized spacial score (nSPS) is 18.0. The summed E-state index contributed by atoms with van der Waals surface area (Å²) in [5.74, 6) is 2.18. The summed E-state index contributed by atoms with van der Waals surface area (Å²) in [4.78, 5) is 15.7. The number of hydrogen-bond acceptors (Lipinski definition) is 7. The predicted octanol–water partition coefficient (Wildman–Crippen LogP) is 5.13. The Morgan fingerprint density at radius 1 is 1.15 bits per heavy atom. The van der Waals surface area contributed by atoms with Gasteiger partial charge < -0.3 is 23.7 Å². The number of benzene rings is 2. The van der Waals surface area contributed by atoms with Crippen molar-refractivity contribution in [3.63, 3.8) is 0 Å². The van der Waals surface area contributed by atoms with E-state index in [-0.39, 0.29) is 24.1 Å². The zero-order valence-electron chi connectivity index (χ0n) is 18.9. The Labute approximate surface area is 196 Å². The van der Waals surface area contributed by atoms with Crippen molar-refractivity contribution in [3.05, 3.63) is 71.2 Å². The lowest BCUT2D eigenvalue weighted by Crippen LogP contribution is -2.09. The number of aromatic nitrogens is 1. The first kappa shape index (κ1) is 22.0. The van der Waals surface area contributed by atoms with Crippen molar-refractivity contribution < 1.29 is 32.9 Å². The van der Waals surface area contributed by atoms with Gasteiger partial charge in [0.2, 0.25) is 5.88 Å². The molecule has 0 radical (unpaired) electrons. The van der Waals surface area contributed by atoms with E-state index in [0.29, 0.717) is 53.9 Å². The Kier molecular flexibility index (Phi) is 5.96. The van der Waals surface area contributed by atoms with Crippen molar-refractivity contribution in [2.24, 2.45) is 0 Å². The number of hydrogen-bond donors (Lipinski definition) is 0. The molecular formula is C26H24FNO6. The number of pyridine rings is 1. The largest absolute Gasteiger partial charge is 0.492 e. The minimum absolute atomic E-state index is 0.0485. The van der Waals surface area contributed by atoms with Crippen molar-refractivity contribution in [1.29, 1.82) is 0 Å². The van der Waals surface area contributed by atoms with Crippen LogP contribution in [0.25, 0.3) is 0 Å². The molecule has 1 aromatic heterocycles. The average molecular weight is 465 g/mol. The summed E-state index contributed by atoms with van der Waals surface area (Å²) in [5.41, 5.74) is 2.24. The molecule has 0 unspecified atom stereocenters. The van der Waals surface area contributed by atoms with Gasteiger partial charge in [-0.05, 0) is 37.1 Å². The standard InChI is InChI=1S/C26H24FNO6/c1-30-24-13-17(9-10-28-24)33-21-8-6-20(27)26-19(21)5-7-22(26)34-16-3-4-18-15(11-25(29)31-2)14-32-23(18)12-16/h3-4,6,8-10,12-13,15,22H,5,7,11,14H2,1-2H3/t15-,22-/m1/s1. The van der Waals surface area contributed by atoms with Crippen LogP contribution < -0.4 is 18.9 Å². The van der Waals surface area contributed by atoms with Gasteiger partial charge in [0.25, 0.3) is 0 Å². The molecule has 1 aliphatic carbocycles. The first-order chi connectivity index (χ1) is 16.6. The number of carbonyl (C=O) groups excluding carboxylic acids is 1. The van der Waals surface area contributed by atoms with E-state index >= 15 is 0 Å². The molecule has 0 bridgehead atoms. The summed E-state index contributed by atoms with van der Waals surface area (Å²) in [6, 6.07) is 12.0. The van der Waals surface area contributed by atoms with Gasteiger partial charge >= 0.3 is 5.97 Å². The SMILES string of the molecule is COC(=O)C[C@@H]1COc2cc(O[C@@H]3CCc4c(Oc5ccnc(OC)c5)ccc(F)c43)ccc21. The van der Waals surface area contributed by atoms with E-state index in [9.17, 15) is 9.18 Å². The molecule has 176 valence electrons. The zero-order chi connectivity index (χ0) is 23.7. The number of fused-ring (bicyclic) bond motifs is 2. The number of rotatable bonds is 7. The van der Waals surface area contributed by atoms with Crippen LogP contribution in [0.15, 0.2) is 48.7 Å². The smallest absolute Gasteiger partial charge is 0.306 e. The number of methoxy groups -OCH3 is 2. The summed E-state index contributed by atoms with van der Waals surface area (Å²) in [6.45, 7) is 0.412. The van der Waals surface area contributed by atoms with Gasteiger partial charge in [0.05, 0.1) is 27.2 Å². The maximum absolute atomic E-state index is 14.9. The summed E-state index contributed by atoms with van der Waals surface area (Å²) >= 11 is 0. The van der Waals surface area contributed by atoms with Gasteiger partial charge in [-0.15, -0.1) is 0 Å². The Morgan fingerprint density at radius 2 is 2.03 bits per heavy atom. The summed E-state index contributed by atoms with van der Waals surface area (Å²) in [5, 5.41) is 0. The van der Waals surface area contributed by atoms with Crippen molar-refractivity contribution in [3.8, 4) is 28.9 Å². The highest BCUT2D eigenvalue weighted by atomic mass is 19.1. The van der Waals surface area contributed by atoms with E-state index in [2.05, 4.69) is 4.98 Å². The van der Waals surface area contributed by atoms with E-state index in [1.807, 2.05) is 12.1 Å². The number of nitrogens with zero attached hydrogens (tertiary/aromatic N) is 1. The summed E-state index contributed by atoms with van der Waals surface area (Å²) in [7, 11) is 2.91. The summed E-state index contributed by atoms with van der Waals surface area (Å²) < 4.78 is 42.8. The molecule has 5 rings (SSSR count).